The number of ether oxygens (including phenoxy) is 1. The van der Waals surface area contributed by atoms with Crippen molar-refractivity contribution in [2.24, 2.45) is 0 Å². The Kier molecular flexibility index (Phi) is 8.12. The summed E-state index contributed by atoms with van der Waals surface area (Å²) < 4.78 is 6.70. The Bertz CT molecular complexity index is 814. The number of hydrogen-bond acceptors (Lipinski definition) is 6. The highest BCUT2D eigenvalue weighted by Crippen LogP contribution is 2.28. The van der Waals surface area contributed by atoms with Crippen molar-refractivity contribution < 1.29 is 9.53 Å². The fourth-order valence-corrected chi connectivity index (χ4v) is 4.48. The van der Waals surface area contributed by atoms with E-state index >= 15 is 0 Å². The van der Waals surface area contributed by atoms with Crippen LogP contribution in [0.1, 0.15) is 36.6 Å². The smallest absolute Gasteiger partial charge is 0.263 e. The van der Waals surface area contributed by atoms with Gasteiger partial charge in [-0.3, -0.25) is 14.2 Å². The van der Waals surface area contributed by atoms with Gasteiger partial charge in [-0.25, -0.2) is 4.98 Å². The molecule has 26 heavy (non-hydrogen) atoms. The highest BCUT2D eigenvalue weighted by molar-refractivity contribution is 7.99. The number of nitrogens with one attached hydrogen (secondary N) is 1. The quantitative estimate of drug-likeness (QED) is 0.379. The van der Waals surface area contributed by atoms with Crippen LogP contribution in [0.5, 0.6) is 0 Å². The average Bonchev–Trinajstić information content (AvgIpc) is 2.90. The predicted molar refractivity (Wildman–Crippen MR) is 108 cm³/mol. The zero-order chi connectivity index (χ0) is 19.1. The van der Waals surface area contributed by atoms with Gasteiger partial charge >= 0.3 is 0 Å². The van der Waals surface area contributed by atoms with Gasteiger partial charge in [0, 0.05) is 31.7 Å². The SMILES string of the molecule is CCCCn1c(SCC(=O)NCCCOC)nc2sc(C)c(C)c2c1=O. The lowest BCUT2D eigenvalue weighted by molar-refractivity contribution is -0.118. The maximum Gasteiger partial charge on any atom is 0.263 e. The molecule has 0 radical (unpaired) electrons. The Hall–Kier alpha value is -1.38. The molecular weight excluding hydrogens is 370 g/mol. The number of carbonyl (C=O) groups excluding carboxylic acids is 1. The third-order valence-corrected chi connectivity index (χ3v) is 6.25. The van der Waals surface area contributed by atoms with Crippen LogP contribution in [0.4, 0.5) is 0 Å². The summed E-state index contributed by atoms with van der Waals surface area (Å²) in [6.07, 6.45) is 2.69. The van der Waals surface area contributed by atoms with Gasteiger partial charge in [-0.15, -0.1) is 11.3 Å². The fraction of sp³-hybridized carbons (Fsp3) is 0.611. The van der Waals surface area contributed by atoms with Crippen LogP contribution >= 0.6 is 23.1 Å². The Morgan fingerprint density at radius 1 is 1.35 bits per heavy atom. The summed E-state index contributed by atoms with van der Waals surface area (Å²) in [7, 11) is 1.64. The van der Waals surface area contributed by atoms with Crippen molar-refractivity contribution in [3.05, 3.63) is 20.8 Å². The van der Waals surface area contributed by atoms with Gasteiger partial charge in [0.1, 0.15) is 4.83 Å². The van der Waals surface area contributed by atoms with Gasteiger partial charge in [0.25, 0.3) is 5.56 Å². The number of fused-ring (bicyclic) bond motifs is 1. The molecule has 8 heteroatoms. The first-order valence-corrected chi connectivity index (χ1v) is 10.7. The predicted octanol–water partition coefficient (Wildman–Crippen LogP) is 3.12. The maximum absolute atomic E-state index is 13.0. The minimum absolute atomic E-state index is 0.00769. The molecule has 1 N–H and O–H groups in total. The van der Waals surface area contributed by atoms with Gasteiger partial charge in [-0.1, -0.05) is 25.1 Å². The second-order valence-electron chi connectivity index (χ2n) is 6.15. The van der Waals surface area contributed by atoms with E-state index in [9.17, 15) is 9.59 Å². The van der Waals surface area contributed by atoms with Crippen molar-refractivity contribution in [1.29, 1.82) is 0 Å². The van der Waals surface area contributed by atoms with E-state index in [1.807, 2.05) is 13.8 Å². The molecule has 1 amide bonds. The number of unbranched alkanes of at least 4 members (excludes halogenated alkanes) is 1. The van der Waals surface area contributed by atoms with Crippen molar-refractivity contribution in [3.8, 4) is 0 Å². The van der Waals surface area contributed by atoms with Crippen LogP contribution in [0.15, 0.2) is 9.95 Å². The van der Waals surface area contributed by atoms with E-state index in [4.69, 9.17) is 9.72 Å². The van der Waals surface area contributed by atoms with E-state index in [1.165, 1.54) is 11.8 Å². The summed E-state index contributed by atoms with van der Waals surface area (Å²) in [5, 5.41) is 4.21. The molecule has 2 aromatic heterocycles. The molecule has 0 saturated carbocycles. The molecular formula is C18H27N3O3S2. The maximum atomic E-state index is 13.0. The lowest BCUT2D eigenvalue weighted by Gasteiger charge is -2.12. The number of carbonyl (C=O) groups is 1. The van der Waals surface area contributed by atoms with Crippen LogP contribution in [-0.2, 0) is 16.1 Å². The number of rotatable bonds is 10. The van der Waals surface area contributed by atoms with E-state index in [-0.39, 0.29) is 17.2 Å². The normalized spacial score (nSPS) is 11.2. The van der Waals surface area contributed by atoms with Crippen molar-refractivity contribution >= 4 is 39.2 Å². The van der Waals surface area contributed by atoms with Crippen molar-refractivity contribution in [1.82, 2.24) is 14.9 Å². The number of nitrogens with zero attached hydrogens (tertiary/aromatic N) is 2. The molecule has 0 aliphatic heterocycles. The van der Waals surface area contributed by atoms with Crippen LogP contribution in [0.2, 0.25) is 0 Å². The second-order valence-corrected chi connectivity index (χ2v) is 8.30. The zero-order valence-corrected chi connectivity index (χ0v) is 17.5. The summed E-state index contributed by atoms with van der Waals surface area (Å²) in [6.45, 7) is 7.92. The highest BCUT2D eigenvalue weighted by Gasteiger charge is 2.17. The first-order valence-electron chi connectivity index (χ1n) is 8.88. The standard InChI is InChI=1S/C18H27N3O3S2/c1-5-6-9-21-17(23)15-12(2)13(3)26-16(15)20-18(21)25-11-14(22)19-8-7-10-24-4/h5-11H2,1-4H3,(H,19,22). The second kappa shape index (κ2) is 10.1. The summed E-state index contributed by atoms with van der Waals surface area (Å²) in [5.74, 6) is 0.196. The summed E-state index contributed by atoms with van der Waals surface area (Å²) >= 11 is 2.87. The molecule has 2 heterocycles. The molecule has 0 bridgehead atoms. The Balaban J connectivity index is 2.19. The molecule has 0 atom stereocenters. The van der Waals surface area contributed by atoms with Gasteiger partial charge in [0.2, 0.25) is 5.91 Å². The number of aromatic nitrogens is 2. The summed E-state index contributed by atoms with van der Waals surface area (Å²) in [5.41, 5.74) is 1.02. The number of thioether (sulfide) groups is 1. The van der Waals surface area contributed by atoms with Gasteiger partial charge < -0.3 is 10.1 Å². The molecule has 2 rings (SSSR count). The highest BCUT2D eigenvalue weighted by atomic mass is 32.2. The first-order chi connectivity index (χ1) is 12.5. The van der Waals surface area contributed by atoms with E-state index in [1.54, 1.807) is 23.0 Å². The Labute approximate surface area is 162 Å². The topological polar surface area (TPSA) is 73.2 Å². The molecule has 0 unspecified atom stereocenters. The van der Waals surface area contributed by atoms with Gasteiger partial charge in [0.15, 0.2) is 5.16 Å². The Morgan fingerprint density at radius 3 is 2.81 bits per heavy atom. The number of amides is 1. The molecule has 6 nitrogen and oxygen atoms in total. The minimum atomic E-state index is -0.0546. The lowest BCUT2D eigenvalue weighted by atomic mass is 10.2. The zero-order valence-electron chi connectivity index (χ0n) is 15.9. The monoisotopic (exact) mass is 397 g/mol. The molecule has 0 aliphatic carbocycles. The van der Waals surface area contributed by atoms with Crippen LogP contribution in [0.3, 0.4) is 0 Å². The lowest BCUT2D eigenvalue weighted by Crippen LogP contribution is -2.28. The van der Waals surface area contributed by atoms with Crippen LogP contribution in [0.25, 0.3) is 10.2 Å². The van der Waals surface area contributed by atoms with E-state index in [0.717, 1.165) is 39.9 Å². The third kappa shape index (κ3) is 5.08. The van der Waals surface area contributed by atoms with Crippen LogP contribution < -0.4 is 10.9 Å². The van der Waals surface area contributed by atoms with Crippen LogP contribution in [0, 0.1) is 13.8 Å². The number of aryl methyl sites for hydroxylation is 2. The van der Waals surface area contributed by atoms with Crippen LogP contribution in [-0.4, -0.2) is 41.5 Å². The fourth-order valence-electron chi connectivity index (χ4n) is 2.56. The average molecular weight is 398 g/mol. The van der Waals surface area contributed by atoms with Crippen molar-refractivity contribution in [2.45, 2.75) is 51.7 Å². The molecule has 0 saturated heterocycles. The van der Waals surface area contributed by atoms with Gasteiger partial charge in [-0.2, -0.15) is 0 Å². The molecule has 0 aliphatic rings. The van der Waals surface area contributed by atoms with Gasteiger partial charge in [-0.05, 0) is 32.3 Å². The van der Waals surface area contributed by atoms with E-state index in [0.29, 0.717) is 24.9 Å². The molecule has 0 fully saturated rings. The van der Waals surface area contributed by atoms with E-state index < -0.39 is 0 Å². The summed E-state index contributed by atoms with van der Waals surface area (Å²) in [6, 6.07) is 0. The van der Waals surface area contributed by atoms with Gasteiger partial charge in [0.05, 0.1) is 11.1 Å². The summed E-state index contributed by atoms with van der Waals surface area (Å²) in [4.78, 5) is 31.6. The van der Waals surface area contributed by atoms with Crippen molar-refractivity contribution in [2.75, 3.05) is 26.0 Å². The molecule has 0 aromatic carbocycles. The first kappa shape index (κ1) is 20.9. The van der Waals surface area contributed by atoms with E-state index in [2.05, 4.69) is 12.2 Å². The largest absolute Gasteiger partial charge is 0.385 e. The molecule has 2 aromatic rings. The molecule has 0 spiro atoms. The molecule has 144 valence electrons. The number of thiophene rings is 1. The Morgan fingerprint density at radius 2 is 2.12 bits per heavy atom. The number of hydrogen-bond donors (Lipinski definition) is 1. The number of methoxy groups -OCH3 is 1. The van der Waals surface area contributed by atoms with Crippen molar-refractivity contribution in [3.63, 3.8) is 0 Å². The minimum Gasteiger partial charge on any atom is -0.385 e. The third-order valence-electron chi connectivity index (χ3n) is 4.17.